The minimum absolute atomic E-state index is 0.270. The van der Waals surface area contributed by atoms with E-state index in [1.165, 1.54) is 6.26 Å². The van der Waals surface area contributed by atoms with Crippen molar-refractivity contribution in [3.05, 3.63) is 46.6 Å². The van der Waals surface area contributed by atoms with Crippen molar-refractivity contribution in [2.45, 2.75) is 20.3 Å². The molecule has 0 radical (unpaired) electrons. The molecule has 4 nitrogen and oxygen atoms in total. The molecule has 0 saturated heterocycles. The van der Waals surface area contributed by atoms with E-state index in [4.69, 9.17) is 26.0 Å². The van der Waals surface area contributed by atoms with Crippen LogP contribution in [0.1, 0.15) is 31.0 Å². The van der Waals surface area contributed by atoms with E-state index in [2.05, 4.69) is 18.8 Å². The zero-order valence-corrected chi connectivity index (χ0v) is 12.1. The van der Waals surface area contributed by atoms with E-state index in [9.17, 15) is 0 Å². The van der Waals surface area contributed by atoms with E-state index in [1.807, 2.05) is 18.2 Å². The zero-order valence-electron chi connectivity index (χ0n) is 11.4. The minimum Gasteiger partial charge on any atom is -0.493 e. The summed E-state index contributed by atoms with van der Waals surface area (Å²) in [5.74, 6) is 1.67. The molecule has 0 unspecified atom stereocenters. The first-order chi connectivity index (χ1) is 9.58. The molecule has 1 aromatic heterocycles. The van der Waals surface area contributed by atoms with Crippen LogP contribution in [0.25, 0.3) is 0 Å². The number of benzene rings is 1. The van der Waals surface area contributed by atoms with Crippen LogP contribution < -0.4 is 4.74 Å². The highest BCUT2D eigenvalue weighted by Crippen LogP contribution is 2.25. The summed E-state index contributed by atoms with van der Waals surface area (Å²) in [4.78, 5) is 4.06. The number of ether oxygens (including phenoxy) is 1. The Bertz CT molecular complexity index is 629. The largest absolute Gasteiger partial charge is 0.493 e. The van der Waals surface area contributed by atoms with Crippen LogP contribution in [0.4, 0.5) is 0 Å². The fourth-order valence-corrected chi connectivity index (χ4v) is 1.88. The summed E-state index contributed by atoms with van der Waals surface area (Å²) in [6, 6.07) is 7.39. The molecule has 104 valence electrons. The Kier molecular flexibility index (Phi) is 4.65. The van der Waals surface area contributed by atoms with Crippen LogP contribution in [0.2, 0.25) is 5.02 Å². The van der Waals surface area contributed by atoms with Crippen LogP contribution in [0.15, 0.2) is 28.9 Å². The van der Waals surface area contributed by atoms with E-state index in [0.717, 1.165) is 11.3 Å². The van der Waals surface area contributed by atoms with E-state index in [0.29, 0.717) is 29.9 Å². The van der Waals surface area contributed by atoms with Crippen LogP contribution in [-0.2, 0) is 6.42 Å². The van der Waals surface area contributed by atoms with Crippen molar-refractivity contribution in [3.63, 3.8) is 0 Å². The van der Waals surface area contributed by atoms with Crippen LogP contribution in [0.5, 0.6) is 5.75 Å². The maximum Gasteiger partial charge on any atom is 0.199 e. The zero-order chi connectivity index (χ0) is 14.5. The predicted molar refractivity (Wildman–Crippen MR) is 75.8 cm³/mol. The molecule has 0 N–H and O–H groups in total. The van der Waals surface area contributed by atoms with Crippen molar-refractivity contribution in [3.8, 4) is 11.8 Å². The Labute approximate surface area is 123 Å². The highest BCUT2D eigenvalue weighted by Gasteiger charge is 2.11. The second-order valence-corrected chi connectivity index (χ2v) is 5.31. The topological polar surface area (TPSA) is 59.0 Å². The Hall–Kier alpha value is -1.99. The number of oxazole rings is 1. The van der Waals surface area contributed by atoms with Gasteiger partial charge in [0.15, 0.2) is 11.6 Å². The number of aromatic nitrogens is 1. The van der Waals surface area contributed by atoms with Gasteiger partial charge < -0.3 is 9.15 Å². The van der Waals surface area contributed by atoms with E-state index < -0.39 is 0 Å². The third-order valence-corrected chi connectivity index (χ3v) is 2.84. The molecule has 0 amide bonds. The number of hydrogen-bond donors (Lipinski definition) is 0. The Morgan fingerprint density at radius 1 is 1.45 bits per heavy atom. The maximum atomic E-state index is 8.74. The highest BCUT2D eigenvalue weighted by molar-refractivity contribution is 6.30. The van der Waals surface area contributed by atoms with Crippen molar-refractivity contribution in [1.82, 2.24) is 4.98 Å². The molecule has 20 heavy (non-hydrogen) atoms. The molecule has 0 bridgehead atoms. The molecule has 0 fully saturated rings. The second-order valence-electron chi connectivity index (χ2n) is 4.87. The van der Waals surface area contributed by atoms with Gasteiger partial charge in [0.1, 0.15) is 18.1 Å². The summed E-state index contributed by atoms with van der Waals surface area (Å²) in [7, 11) is 0. The Morgan fingerprint density at radius 3 is 2.90 bits per heavy atom. The summed E-state index contributed by atoms with van der Waals surface area (Å²) >= 11 is 6.02. The third kappa shape index (κ3) is 3.75. The van der Waals surface area contributed by atoms with Crippen LogP contribution in [0, 0.1) is 17.2 Å². The molecule has 0 aliphatic heterocycles. The molecule has 1 heterocycles. The highest BCUT2D eigenvalue weighted by atomic mass is 35.5. The molecule has 0 saturated carbocycles. The van der Waals surface area contributed by atoms with E-state index in [1.54, 1.807) is 6.07 Å². The standard InChI is InChI=1S/C15H15ClN2O2/c1-10(2)8-19-14-4-3-12(16)5-11(14)6-15-18-13(7-17)9-20-15/h3-5,9-10H,6,8H2,1-2H3. The molecule has 0 aliphatic carbocycles. The van der Waals surface area contributed by atoms with Crippen molar-refractivity contribution < 1.29 is 9.15 Å². The van der Waals surface area contributed by atoms with E-state index >= 15 is 0 Å². The number of nitrogens with zero attached hydrogens (tertiary/aromatic N) is 2. The molecular formula is C15H15ClN2O2. The van der Waals surface area contributed by atoms with Gasteiger partial charge in [0.05, 0.1) is 13.0 Å². The molecule has 2 aromatic rings. The average Bonchev–Trinajstić information content (AvgIpc) is 2.85. The quantitative estimate of drug-likeness (QED) is 0.840. The van der Waals surface area contributed by atoms with Gasteiger partial charge in [0, 0.05) is 10.6 Å². The maximum absolute atomic E-state index is 8.74. The molecule has 1 aromatic carbocycles. The van der Waals surface area contributed by atoms with Gasteiger partial charge in [0.2, 0.25) is 0 Å². The monoisotopic (exact) mass is 290 g/mol. The number of rotatable bonds is 5. The molecule has 2 rings (SSSR count). The summed E-state index contributed by atoms with van der Waals surface area (Å²) in [5.41, 5.74) is 1.16. The van der Waals surface area contributed by atoms with Gasteiger partial charge in [-0.3, -0.25) is 0 Å². The normalized spacial score (nSPS) is 10.6. The van der Waals surface area contributed by atoms with Crippen molar-refractivity contribution in [2.24, 2.45) is 5.92 Å². The molecule has 0 aliphatic rings. The first-order valence-corrected chi connectivity index (χ1v) is 6.72. The number of hydrogen-bond acceptors (Lipinski definition) is 4. The molecule has 0 spiro atoms. The lowest BCUT2D eigenvalue weighted by Crippen LogP contribution is -2.06. The lowest BCUT2D eigenvalue weighted by Gasteiger charge is -2.12. The van der Waals surface area contributed by atoms with Gasteiger partial charge in [-0.25, -0.2) is 4.98 Å². The van der Waals surface area contributed by atoms with Gasteiger partial charge in [-0.05, 0) is 24.1 Å². The van der Waals surface area contributed by atoms with Crippen molar-refractivity contribution in [2.75, 3.05) is 6.61 Å². The summed E-state index contributed by atoms with van der Waals surface area (Å²) in [6.07, 6.45) is 1.78. The first-order valence-electron chi connectivity index (χ1n) is 6.34. The van der Waals surface area contributed by atoms with Gasteiger partial charge in [-0.15, -0.1) is 0 Å². The number of nitriles is 1. The van der Waals surface area contributed by atoms with Gasteiger partial charge in [-0.1, -0.05) is 25.4 Å². The van der Waals surface area contributed by atoms with Crippen LogP contribution >= 0.6 is 11.6 Å². The predicted octanol–water partition coefficient (Wildman–Crippen LogP) is 3.83. The third-order valence-electron chi connectivity index (χ3n) is 2.60. The van der Waals surface area contributed by atoms with E-state index in [-0.39, 0.29) is 5.69 Å². The number of halogens is 1. The van der Waals surface area contributed by atoms with Crippen LogP contribution in [0.3, 0.4) is 0 Å². The smallest absolute Gasteiger partial charge is 0.199 e. The van der Waals surface area contributed by atoms with Gasteiger partial charge >= 0.3 is 0 Å². The summed E-state index contributed by atoms with van der Waals surface area (Å²) < 4.78 is 11.0. The average molecular weight is 291 g/mol. The Morgan fingerprint density at radius 2 is 2.25 bits per heavy atom. The minimum atomic E-state index is 0.270. The molecule has 5 heteroatoms. The van der Waals surface area contributed by atoms with Crippen molar-refractivity contribution >= 4 is 11.6 Å². The SMILES string of the molecule is CC(C)COc1ccc(Cl)cc1Cc1nc(C#N)co1. The lowest BCUT2D eigenvalue weighted by molar-refractivity contribution is 0.268. The molecule has 0 atom stereocenters. The van der Waals surface area contributed by atoms with Crippen molar-refractivity contribution in [1.29, 1.82) is 5.26 Å². The molecular weight excluding hydrogens is 276 g/mol. The van der Waals surface area contributed by atoms with Crippen LogP contribution in [-0.4, -0.2) is 11.6 Å². The fourth-order valence-electron chi connectivity index (χ4n) is 1.69. The fraction of sp³-hybridized carbons (Fsp3) is 0.333. The summed E-state index contributed by atoms with van der Waals surface area (Å²) in [6.45, 7) is 4.80. The first kappa shape index (κ1) is 14.4. The second kappa shape index (κ2) is 6.44. The lowest BCUT2D eigenvalue weighted by atomic mass is 10.1. The Balaban J connectivity index is 2.20. The summed E-state index contributed by atoms with van der Waals surface area (Å²) in [5, 5.41) is 9.37. The van der Waals surface area contributed by atoms with Gasteiger partial charge in [0.25, 0.3) is 0 Å². The van der Waals surface area contributed by atoms with Gasteiger partial charge in [-0.2, -0.15) is 5.26 Å².